The summed E-state index contributed by atoms with van der Waals surface area (Å²) in [6, 6.07) is 0. The maximum Gasteiger partial charge on any atom is 0.460 e. The first-order valence-electron chi connectivity index (χ1n) is 9.09. The van der Waals surface area contributed by atoms with E-state index in [1.165, 1.54) is 0 Å². The molecule has 0 aromatic rings. The van der Waals surface area contributed by atoms with Crippen molar-refractivity contribution >= 4 is 0 Å². The van der Waals surface area contributed by atoms with Crippen molar-refractivity contribution < 1.29 is 111 Å². The van der Waals surface area contributed by atoms with Gasteiger partial charge in [-0.3, -0.25) is 0 Å². The summed E-state index contributed by atoms with van der Waals surface area (Å²) in [4.78, 5) is 0. The molecule has 3 nitrogen and oxygen atoms in total. The third-order valence-electron chi connectivity index (χ3n) is 4.40. The Bertz CT molecular complexity index is 775. The number of rotatable bonds is 14. The summed E-state index contributed by atoms with van der Waals surface area (Å²) in [5.74, 6) is -59.5. The van der Waals surface area contributed by atoms with E-state index in [-0.39, 0.29) is 0 Å². The third-order valence-corrected chi connectivity index (χ3v) is 4.40. The van der Waals surface area contributed by atoms with E-state index in [4.69, 9.17) is 5.11 Å². The van der Waals surface area contributed by atoms with Crippen LogP contribution in [0.25, 0.3) is 0 Å². The summed E-state index contributed by atoms with van der Waals surface area (Å²) >= 11 is 0. The summed E-state index contributed by atoms with van der Waals surface area (Å²) < 4.78 is 288. The standard InChI is InChI=1S/C15H10F22O3/c16-6(17,8(20,21)10(24,25)12(28,29)14(32,33)34)3-39-1-5(38)2-40-4-7(18,19)9(22,23)11(26,27)13(30,31)15(35,36)37/h5,38H,1-4H2. The van der Waals surface area contributed by atoms with Crippen molar-refractivity contribution in [1.29, 1.82) is 0 Å². The fourth-order valence-electron chi connectivity index (χ4n) is 2.09. The first-order valence-corrected chi connectivity index (χ1v) is 9.09. The zero-order chi connectivity index (χ0) is 32.8. The zero-order valence-electron chi connectivity index (χ0n) is 18.0. The molecule has 0 atom stereocenters. The van der Waals surface area contributed by atoms with Crippen molar-refractivity contribution in [3.8, 4) is 0 Å². The molecular weight excluding hydrogens is 646 g/mol. The molecule has 40 heavy (non-hydrogen) atoms. The van der Waals surface area contributed by atoms with Crippen molar-refractivity contribution in [2.24, 2.45) is 0 Å². The van der Waals surface area contributed by atoms with Gasteiger partial charge in [0.05, 0.1) is 13.2 Å². The molecule has 0 unspecified atom stereocenters. The smallest absolute Gasteiger partial charge is 0.388 e. The van der Waals surface area contributed by atoms with E-state index in [9.17, 15) is 96.6 Å². The molecule has 25 heteroatoms. The van der Waals surface area contributed by atoms with Crippen molar-refractivity contribution in [2.75, 3.05) is 26.4 Å². The Morgan fingerprint density at radius 3 is 0.800 bits per heavy atom. The summed E-state index contributed by atoms with van der Waals surface area (Å²) in [5, 5.41) is 9.09. The number of hydrogen-bond acceptors (Lipinski definition) is 3. The van der Waals surface area contributed by atoms with Crippen LogP contribution in [0.15, 0.2) is 0 Å². The number of aliphatic hydroxyl groups excluding tert-OH is 1. The van der Waals surface area contributed by atoms with Gasteiger partial charge >= 0.3 is 59.7 Å². The average Bonchev–Trinajstić information content (AvgIpc) is 2.70. The Labute approximate surface area is 205 Å². The van der Waals surface area contributed by atoms with E-state index in [1.807, 2.05) is 0 Å². The number of aliphatic hydroxyl groups is 1. The molecule has 0 aromatic carbocycles. The number of ether oxygens (including phenoxy) is 2. The van der Waals surface area contributed by atoms with Crippen LogP contribution in [0.1, 0.15) is 0 Å². The highest BCUT2D eigenvalue weighted by Gasteiger charge is 2.88. The Balaban J connectivity index is 5.32. The molecule has 0 saturated heterocycles. The lowest BCUT2D eigenvalue weighted by molar-refractivity contribution is -0.425. The first kappa shape index (κ1) is 38.3. The first-order chi connectivity index (χ1) is 17.1. The highest BCUT2D eigenvalue weighted by Crippen LogP contribution is 2.58. The minimum Gasteiger partial charge on any atom is -0.388 e. The molecule has 0 radical (unpaired) electrons. The summed E-state index contributed by atoms with van der Waals surface area (Å²) in [7, 11) is 0. The van der Waals surface area contributed by atoms with E-state index in [2.05, 4.69) is 9.47 Å². The van der Waals surface area contributed by atoms with Crippen molar-refractivity contribution in [2.45, 2.75) is 65.8 Å². The van der Waals surface area contributed by atoms with E-state index < -0.39 is 92.3 Å². The topological polar surface area (TPSA) is 38.7 Å². The monoisotopic (exact) mass is 656 g/mol. The summed E-state index contributed by atoms with van der Waals surface area (Å²) in [5.41, 5.74) is 0. The van der Waals surface area contributed by atoms with E-state index in [1.54, 1.807) is 0 Å². The second-order valence-electron chi connectivity index (χ2n) is 7.53. The molecule has 0 aliphatic rings. The quantitative estimate of drug-likeness (QED) is 0.215. The predicted octanol–water partition coefficient (Wildman–Crippen LogP) is 6.59. The molecule has 0 amide bonds. The van der Waals surface area contributed by atoms with Crippen LogP contribution in [0.5, 0.6) is 0 Å². The molecule has 0 spiro atoms. The van der Waals surface area contributed by atoms with Gasteiger partial charge in [0.25, 0.3) is 0 Å². The molecule has 0 aliphatic heterocycles. The van der Waals surface area contributed by atoms with Crippen molar-refractivity contribution in [3.63, 3.8) is 0 Å². The molecule has 0 aromatic heterocycles. The SMILES string of the molecule is OC(COCC(F)(F)C(F)(F)C(F)(F)C(F)(F)C(F)(F)F)COCC(F)(F)C(F)(F)C(F)(F)C(F)(F)C(F)(F)F. The lowest BCUT2D eigenvalue weighted by atomic mass is 9.98. The number of hydrogen-bond donors (Lipinski definition) is 1. The van der Waals surface area contributed by atoms with Crippen LogP contribution in [-0.2, 0) is 9.47 Å². The zero-order valence-corrected chi connectivity index (χ0v) is 18.0. The van der Waals surface area contributed by atoms with Crippen LogP contribution >= 0.6 is 0 Å². The average molecular weight is 656 g/mol. The minimum atomic E-state index is -7.84. The summed E-state index contributed by atoms with van der Waals surface area (Å²) in [6.45, 7) is -10.5. The van der Waals surface area contributed by atoms with Gasteiger partial charge in [0.2, 0.25) is 0 Å². The predicted molar refractivity (Wildman–Crippen MR) is 79.3 cm³/mol. The fraction of sp³-hybridized carbons (Fsp3) is 1.00. The fourth-order valence-corrected chi connectivity index (χ4v) is 2.09. The number of halogens is 22. The Morgan fingerprint density at radius 2 is 0.600 bits per heavy atom. The van der Waals surface area contributed by atoms with Crippen LogP contribution in [-0.4, -0.2) is 97.4 Å². The molecule has 0 heterocycles. The van der Waals surface area contributed by atoms with Gasteiger partial charge < -0.3 is 14.6 Å². The van der Waals surface area contributed by atoms with Gasteiger partial charge in [-0.2, -0.15) is 96.6 Å². The minimum absolute atomic E-state index is 2.03. The Morgan fingerprint density at radius 1 is 0.375 bits per heavy atom. The van der Waals surface area contributed by atoms with Gasteiger partial charge in [0.1, 0.15) is 19.3 Å². The molecule has 0 rings (SSSR count). The van der Waals surface area contributed by atoms with Gasteiger partial charge in [0, 0.05) is 0 Å². The van der Waals surface area contributed by atoms with Gasteiger partial charge in [-0.15, -0.1) is 0 Å². The molecule has 242 valence electrons. The van der Waals surface area contributed by atoms with Crippen LogP contribution < -0.4 is 0 Å². The number of alkyl halides is 22. The second-order valence-corrected chi connectivity index (χ2v) is 7.53. The molecule has 1 N–H and O–H groups in total. The molecule has 0 aliphatic carbocycles. The van der Waals surface area contributed by atoms with Gasteiger partial charge in [-0.25, -0.2) is 0 Å². The highest BCUT2D eigenvalue weighted by molar-refractivity contribution is 5.07. The Hall–Kier alpha value is -1.66. The third kappa shape index (κ3) is 6.38. The highest BCUT2D eigenvalue weighted by atomic mass is 19.4. The maximum absolute atomic E-state index is 13.3. The van der Waals surface area contributed by atoms with Crippen molar-refractivity contribution in [1.82, 2.24) is 0 Å². The van der Waals surface area contributed by atoms with Gasteiger partial charge in [0.15, 0.2) is 0 Å². The van der Waals surface area contributed by atoms with Crippen LogP contribution in [0, 0.1) is 0 Å². The lowest BCUT2D eigenvalue weighted by Gasteiger charge is -2.37. The van der Waals surface area contributed by atoms with Crippen molar-refractivity contribution in [3.05, 3.63) is 0 Å². The Kier molecular flexibility index (Phi) is 10.4. The largest absolute Gasteiger partial charge is 0.460 e. The lowest BCUT2D eigenvalue weighted by Crippen LogP contribution is -2.67. The molecule has 0 saturated carbocycles. The summed E-state index contributed by atoms with van der Waals surface area (Å²) in [6.07, 6.45) is -17.8. The van der Waals surface area contributed by atoms with E-state index in [0.29, 0.717) is 0 Å². The molecule has 0 fully saturated rings. The second kappa shape index (κ2) is 10.9. The van der Waals surface area contributed by atoms with Crippen LogP contribution in [0.3, 0.4) is 0 Å². The normalized spacial score (nSPS) is 16.2. The van der Waals surface area contributed by atoms with E-state index in [0.717, 1.165) is 0 Å². The maximum atomic E-state index is 13.3. The molecule has 0 bridgehead atoms. The molecular formula is C15H10F22O3. The van der Waals surface area contributed by atoms with Gasteiger partial charge in [-0.05, 0) is 0 Å². The van der Waals surface area contributed by atoms with Crippen LogP contribution in [0.2, 0.25) is 0 Å². The van der Waals surface area contributed by atoms with E-state index >= 15 is 0 Å². The van der Waals surface area contributed by atoms with Gasteiger partial charge in [-0.1, -0.05) is 0 Å². The van der Waals surface area contributed by atoms with Crippen LogP contribution in [0.4, 0.5) is 96.6 Å².